The Morgan fingerprint density at radius 2 is 1.63 bits per heavy atom. The SMILES string of the molecule is CCc1cc(N2CCC(Oc3ccc(-c4ccccc4)cc3)C2=O)ccc1OCCN1CCCC1. The van der Waals surface area contributed by atoms with Gasteiger partial charge in [0, 0.05) is 25.2 Å². The van der Waals surface area contributed by atoms with Gasteiger partial charge in [-0.2, -0.15) is 0 Å². The van der Waals surface area contributed by atoms with Crippen LogP contribution in [-0.2, 0) is 11.2 Å². The minimum atomic E-state index is -0.459. The molecule has 0 spiro atoms. The molecule has 1 unspecified atom stereocenters. The molecule has 3 aromatic carbocycles. The first-order valence-electron chi connectivity index (χ1n) is 12.8. The molecular formula is C30H34N2O3. The van der Waals surface area contributed by atoms with Crippen LogP contribution in [0.2, 0.25) is 0 Å². The summed E-state index contributed by atoms with van der Waals surface area (Å²) in [6, 6.07) is 24.3. The van der Waals surface area contributed by atoms with Crippen LogP contribution in [0.4, 0.5) is 5.69 Å². The number of nitrogens with zero attached hydrogens (tertiary/aromatic N) is 2. The number of hydrogen-bond acceptors (Lipinski definition) is 4. The van der Waals surface area contributed by atoms with Gasteiger partial charge in [0.25, 0.3) is 5.91 Å². The van der Waals surface area contributed by atoms with Crippen LogP contribution in [0.15, 0.2) is 72.8 Å². The standard InChI is InChI=1S/C30H34N2O3/c1-2-23-22-26(12-15-28(23)34-21-20-31-17-6-7-18-31)32-19-16-29(30(32)33)35-27-13-10-25(11-14-27)24-8-4-3-5-9-24/h3-5,8-15,22,29H,2,6-7,16-21H2,1H3. The van der Waals surface area contributed by atoms with Crippen LogP contribution in [0.1, 0.15) is 31.7 Å². The fraction of sp³-hybridized carbons (Fsp3) is 0.367. The lowest BCUT2D eigenvalue weighted by atomic mass is 10.1. The predicted octanol–water partition coefficient (Wildman–Crippen LogP) is 5.57. The number of likely N-dealkylation sites (tertiary alicyclic amines) is 1. The van der Waals surface area contributed by atoms with E-state index >= 15 is 0 Å². The number of amides is 1. The molecule has 2 aliphatic heterocycles. The van der Waals surface area contributed by atoms with Crippen molar-refractivity contribution in [3.63, 3.8) is 0 Å². The zero-order chi connectivity index (χ0) is 24.0. The number of benzene rings is 3. The molecule has 35 heavy (non-hydrogen) atoms. The first kappa shape index (κ1) is 23.4. The largest absolute Gasteiger partial charge is 0.492 e. The molecule has 5 heteroatoms. The maximum Gasteiger partial charge on any atom is 0.268 e. The molecule has 2 fully saturated rings. The maximum absolute atomic E-state index is 13.2. The molecule has 1 atom stereocenters. The zero-order valence-electron chi connectivity index (χ0n) is 20.5. The molecule has 1 amide bonds. The van der Waals surface area contributed by atoms with Crippen molar-refractivity contribution < 1.29 is 14.3 Å². The second-order valence-corrected chi connectivity index (χ2v) is 9.32. The molecule has 2 heterocycles. The summed E-state index contributed by atoms with van der Waals surface area (Å²) in [6.45, 7) is 6.82. The van der Waals surface area contributed by atoms with Crippen LogP contribution in [0.3, 0.4) is 0 Å². The normalized spacial score (nSPS) is 18.3. The molecule has 0 N–H and O–H groups in total. The molecule has 2 saturated heterocycles. The molecule has 0 saturated carbocycles. The van der Waals surface area contributed by atoms with E-state index in [0.29, 0.717) is 19.6 Å². The number of carbonyl (C=O) groups is 1. The average molecular weight is 471 g/mol. The van der Waals surface area contributed by atoms with Crippen molar-refractivity contribution in [3.8, 4) is 22.6 Å². The van der Waals surface area contributed by atoms with Crippen molar-refractivity contribution in [2.24, 2.45) is 0 Å². The summed E-state index contributed by atoms with van der Waals surface area (Å²) in [5, 5.41) is 0. The summed E-state index contributed by atoms with van der Waals surface area (Å²) in [5.74, 6) is 1.66. The second kappa shape index (κ2) is 11.0. The molecule has 0 aliphatic carbocycles. The highest BCUT2D eigenvalue weighted by Crippen LogP contribution is 2.30. The number of hydrogen-bond donors (Lipinski definition) is 0. The Balaban J connectivity index is 1.20. The minimum Gasteiger partial charge on any atom is -0.492 e. The summed E-state index contributed by atoms with van der Waals surface area (Å²) in [7, 11) is 0. The third kappa shape index (κ3) is 5.51. The molecule has 0 aromatic heterocycles. The van der Waals surface area contributed by atoms with Crippen molar-refractivity contribution in [2.45, 2.75) is 38.7 Å². The Bertz CT molecular complexity index is 1120. The zero-order valence-corrected chi connectivity index (χ0v) is 20.5. The molecule has 0 bridgehead atoms. The molecule has 5 rings (SSSR count). The van der Waals surface area contributed by atoms with Crippen molar-refractivity contribution in [1.82, 2.24) is 4.90 Å². The van der Waals surface area contributed by atoms with E-state index < -0.39 is 6.10 Å². The fourth-order valence-electron chi connectivity index (χ4n) is 4.98. The van der Waals surface area contributed by atoms with E-state index in [0.717, 1.165) is 46.8 Å². The molecule has 0 radical (unpaired) electrons. The lowest BCUT2D eigenvalue weighted by Gasteiger charge is -2.20. The minimum absolute atomic E-state index is 0.0156. The Morgan fingerprint density at radius 3 is 2.37 bits per heavy atom. The fourth-order valence-corrected chi connectivity index (χ4v) is 4.98. The smallest absolute Gasteiger partial charge is 0.268 e. The van der Waals surface area contributed by atoms with E-state index in [4.69, 9.17) is 9.47 Å². The van der Waals surface area contributed by atoms with Gasteiger partial charge in [-0.15, -0.1) is 0 Å². The lowest BCUT2D eigenvalue weighted by molar-refractivity contribution is -0.122. The monoisotopic (exact) mass is 470 g/mol. The molecule has 2 aliphatic rings. The van der Waals surface area contributed by atoms with Crippen LogP contribution in [0.25, 0.3) is 11.1 Å². The van der Waals surface area contributed by atoms with E-state index in [1.54, 1.807) is 0 Å². The highest BCUT2D eigenvalue weighted by molar-refractivity contribution is 5.99. The molecular weight excluding hydrogens is 436 g/mol. The van der Waals surface area contributed by atoms with Gasteiger partial charge in [0.2, 0.25) is 0 Å². The van der Waals surface area contributed by atoms with E-state index in [1.807, 2.05) is 59.5 Å². The number of rotatable bonds is 9. The third-order valence-corrected chi connectivity index (χ3v) is 7.00. The van der Waals surface area contributed by atoms with Gasteiger partial charge in [0.15, 0.2) is 6.10 Å². The molecule has 5 nitrogen and oxygen atoms in total. The highest BCUT2D eigenvalue weighted by atomic mass is 16.5. The summed E-state index contributed by atoms with van der Waals surface area (Å²) in [5.41, 5.74) is 4.35. The van der Waals surface area contributed by atoms with Gasteiger partial charge >= 0.3 is 0 Å². The van der Waals surface area contributed by atoms with Crippen LogP contribution >= 0.6 is 0 Å². The Labute approximate surface area is 208 Å². The van der Waals surface area contributed by atoms with Crippen molar-refractivity contribution in [1.29, 1.82) is 0 Å². The van der Waals surface area contributed by atoms with Crippen molar-refractivity contribution in [2.75, 3.05) is 37.7 Å². The number of aryl methyl sites for hydroxylation is 1. The summed E-state index contributed by atoms with van der Waals surface area (Å²) >= 11 is 0. The van der Waals surface area contributed by atoms with Gasteiger partial charge in [-0.05, 0) is 79.4 Å². The van der Waals surface area contributed by atoms with Crippen molar-refractivity contribution in [3.05, 3.63) is 78.4 Å². The Morgan fingerprint density at radius 1 is 0.886 bits per heavy atom. The first-order valence-corrected chi connectivity index (χ1v) is 12.8. The number of carbonyl (C=O) groups excluding carboxylic acids is 1. The van der Waals surface area contributed by atoms with E-state index in [9.17, 15) is 4.79 Å². The van der Waals surface area contributed by atoms with Crippen LogP contribution in [0.5, 0.6) is 11.5 Å². The lowest BCUT2D eigenvalue weighted by Crippen LogP contribution is -2.32. The van der Waals surface area contributed by atoms with Gasteiger partial charge in [-0.25, -0.2) is 0 Å². The Hall–Kier alpha value is -3.31. The van der Waals surface area contributed by atoms with E-state index in [-0.39, 0.29) is 5.91 Å². The van der Waals surface area contributed by atoms with Gasteiger partial charge in [-0.1, -0.05) is 49.4 Å². The third-order valence-electron chi connectivity index (χ3n) is 7.00. The molecule has 3 aromatic rings. The molecule has 182 valence electrons. The predicted molar refractivity (Wildman–Crippen MR) is 140 cm³/mol. The first-order chi connectivity index (χ1) is 17.2. The highest BCUT2D eigenvalue weighted by Gasteiger charge is 2.34. The van der Waals surface area contributed by atoms with Crippen LogP contribution in [-0.4, -0.2) is 49.7 Å². The van der Waals surface area contributed by atoms with Gasteiger partial charge in [0.1, 0.15) is 18.1 Å². The van der Waals surface area contributed by atoms with E-state index in [1.165, 1.54) is 25.9 Å². The Kier molecular flexibility index (Phi) is 7.34. The summed E-state index contributed by atoms with van der Waals surface area (Å²) in [4.78, 5) is 17.5. The topological polar surface area (TPSA) is 42.0 Å². The van der Waals surface area contributed by atoms with Crippen molar-refractivity contribution >= 4 is 11.6 Å². The summed E-state index contributed by atoms with van der Waals surface area (Å²) < 4.78 is 12.2. The second-order valence-electron chi connectivity index (χ2n) is 9.32. The van der Waals surface area contributed by atoms with E-state index in [2.05, 4.69) is 30.0 Å². The van der Waals surface area contributed by atoms with Gasteiger partial charge in [0.05, 0.1) is 0 Å². The summed E-state index contributed by atoms with van der Waals surface area (Å²) in [6.07, 6.45) is 3.67. The number of ether oxygens (including phenoxy) is 2. The quantitative estimate of drug-likeness (QED) is 0.410. The van der Waals surface area contributed by atoms with Gasteiger partial charge in [-0.3, -0.25) is 9.69 Å². The average Bonchev–Trinajstić information content (AvgIpc) is 3.55. The number of anilines is 1. The van der Waals surface area contributed by atoms with Crippen LogP contribution < -0.4 is 14.4 Å². The van der Waals surface area contributed by atoms with Crippen LogP contribution in [0, 0.1) is 0 Å². The van der Waals surface area contributed by atoms with Gasteiger partial charge < -0.3 is 14.4 Å². The maximum atomic E-state index is 13.2.